The number of fused-ring (bicyclic) bond motifs is 1. The second-order valence-corrected chi connectivity index (χ2v) is 5.76. The number of nitrogens with zero attached hydrogens (tertiary/aromatic N) is 3. The summed E-state index contributed by atoms with van der Waals surface area (Å²) < 4.78 is 22.1. The third-order valence-corrected chi connectivity index (χ3v) is 4.11. The molecule has 1 amide bonds. The van der Waals surface area contributed by atoms with Crippen molar-refractivity contribution in [1.82, 2.24) is 15.1 Å². The van der Waals surface area contributed by atoms with Gasteiger partial charge in [0.05, 0.1) is 20.3 Å². The van der Waals surface area contributed by atoms with Crippen LogP contribution in [0.3, 0.4) is 0 Å². The van der Waals surface area contributed by atoms with Crippen molar-refractivity contribution in [2.24, 2.45) is 0 Å². The highest BCUT2D eigenvalue weighted by molar-refractivity contribution is 5.97. The molecule has 8 nitrogen and oxygen atoms in total. The average Bonchev–Trinajstić information content (AvgIpc) is 3.27. The Bertz CT molecular complexity index is 916. The van der Waals surface area contributed by atoms with Crippen LogP contribution >= 0.6 is 0 Å². The quantitative estimate of drug-likeness (QED) is 0.721. The van der Waals surface area contributed by atoms with E-state index < -0.39 is 6.10 Å². The molecule has 25 heavy (non-hydrogen) atoms. The number of amides is 1. The van der Waals surface area contributed by atoms with Crippen LogP contribution in [0.15, 0.2) is 33.1 Å². The minimum Gasteiger partial charge on any atom is -0.493 e. The Morgan fingerprint density at radius 3 is 2.96 bits per heavy atom. The largest absolute Gasteiger partial charge is 0.493 e. The van der Waals surface area contributed by atoms with Gasteiger partial charge in [0.15, 0.2) is 23.2 Å². The predicted molar refractivity (Wildman–Crippen MR) is 86.4 cm³/mol. The smallest absolute Gasteiger partial charge is 0.289 e. The van der Waals surface area contributed by atoms with Gasteiger partial charge in [-0.1, -0.05) is 12.1 Å². The highest BCUT2D eigenvalue weighted by Crippen LogP contribution is 2.30. The van der Waals surface area contributed by atoms with Gasteiger partial charge in [-0.3, -0.25) is 4.79 Å². The van der Waals surface area contributed by atoms with E-state index in [2.05, 4.69) is 10.2 Å². The summed E-state index contributed by atoms with van der Waals surface area (Å²) in [5, 5.41) is 8.60. The minimum atomic E-state index is -0.433. The fourth-order valence-electron chi connectivity index (χ4n) is 2.88. The maximum absolute atomic E-state index is 12.8. The van der Waals surface area contributed by atoms with E-state index >= 15 is 0 Å². The van der Waals surface area contributed by atoms with Gasteiger partial charge >= 0.3 is 0 Å². The van der Waals surface area contributed by atoms with E-state index in [1.807, 2.05) is 12.1 Å². The van der Waals surface area contributed by atoms with Crippen LogP contribution < -0.4 is 4.74 Å². The first-order valence-corrected chi connectivity index (χ1v) is 7.93. The van der Waals surface area contributed by atoms with E-state index in [4.69, 9.17) is 18.3 Å². The van der Waals surface area contributed by atoms with E-state index in [-0.39, 0.29) is 11.7 Å². The van der Waals surface area contributed by atoms with Crippen LogP contribution in [0.1, 0.15) is 28.4 Å². The SMILES string of the molecule is COc1cccc2cc(C(=O)N3CCOC(c4nnc(C)o4)C3)oc12. The molecule has 1 atom stereocenters. The number of para-hydroxylation sites is 1. The fourth-order valence-corrected chi connectivity index (χ4v) is 2.88. The third-order valence-electron chi connectivity index (χ3n) is 4.11. The summed E-state index contributed by atoms with van der Waals surface area (Å²) in [7, 11) is 1.57. The Morgan fingerprint density at radius 2 is 2.20 bits per heavy atom. The van der Waals surface area contributed by atoms with Crippen LogP contribution in [0.5, 0.6) is 5.75 Å². The molecule has 0 radical (unpaired) electrons. The van der Waals surface area contributed by atoms with Crippen LogP contribution in [0.25, 0.3) is 11.0 Å². The van der Waals surface area contributed by atoms with E-state index in [9.17, 15) is 4.79 Å². The molecule has 1 aliphatic heterocycles. The van der Waals surface area contributed by atoms with Crippen LogP contribution in [0.4, 0.5) is 0 Å². The first kappa shape index (κ1) is 15.6. The van der Waals surface area contributed by atoms with Gasteiger partial charge in [-0.25, -0.2) is 0 Å². The highest BCUT2D eigenvalue weighted by Gasteiger charge is 2.31. The topological polar surface area (TPSA) is 90.8 Å². The summed E-state index contributed by atoms with van der Waals surface area (Å²) >= 11 is 0. The number of hydrogen-bond donors (Lipinski definition) is 0. The Hall–Kier alpha value is -2.87. The summed E-state index contributed by atoms with van der Waals surface area (Å²) in [6, 6.07) is 7.25. The number of morpholine rings is 1. The van der Waals surface area contributed by atoms with Crippen LogP contribution in [-0.2, 0) is 4.74 Å². The molecular weight excluding hydrogens is 326 g/mol. The zero-order chi connectivity index (χ0) is 17.4. The van der Waals surface area contributed by atoms with E-state index in [0.29, 0.717) is 42.8 Å². The van der Waals surface area contributed by atoms with Crippen molar-refractivity contribution in [3.63, 3.8) is 0 Å². The molecule has 3 heterocycles. The molecule has 0 aliphatic carbocycles. The molecule has 1 aromatic carbocycles. The molecule has 0 N–H and O–H groups in total. The molecule has 3 aromatic rings. The predicted octanol–water partition coefficient (Wildman–Crippen LogP) is 2.35. The van der Waals surface area contributed by atoms with Crippen molar-refractivity contribution in [2.75, 3.05) is 26.8 Å². The number of furan rings is 1. The number of hydrogen-bond acceptors (Lipinski definition) is 7. The summed E-state index contributed by atoms with van der Waals surface area (Å²) in [5.41, 5.74) is 0.561. The summed E-state index contributed by atoms with van der Waals surface area (Å²) in [5.74, 6) is 1.50. The van der Waals surface area contributed by atoms with Crippen LogP contribution in [0, 0.1) is 6.92 Å². The highest BCUT2D eigenvalue weighted by atomic mass is 16.5. The zero-order valence-corrected chi connectivity index (χ0v) is 13.9. The second-order valence-electron chi connectivity index (χ2n) is 5.76. The van der Waals surface area contributed by atoms with Gasteiger partial charge in [0.2, 0.25) is 11.8 Å². The number of carbonyl (C=O) groups is 1. The first-order valence-electron chi connectivity index (χ1n) is 7.93. The summed E-state index contributed by atoms with van der Waals surface area (Å²) in [4.78, 5) is 14.5. The lowest BCUT2D eigenvalue weighted by molar-refractivity contribution is -0.0356. The van der Waals surface area contributed by atoms with Gasteiger partial charge in [0, 0.05) is 18.9 Å². The number of rotatable bonds is 3. The van der Waals surface area contributed by atoms with Gasteiger partial charge in [0.1, 0.15) is 0 Å². The standard InChI is InChI=1S/C17H17N3O5/c1-10-18-19-16(24-10)14-9-20(6-7-23-14)17(21)13-8-11-4-3-5-12(22-2)15(11)25-13/h3-5,8,14H,6-7,9H2,1-2H3. The Kier molecular flexibility index (Phi) is 3.89. The number of methoxy groups -OCH3 is 1. The van der Waals surface area contributed by atoms with E-state index in [0.717, 1.165) is 5.39 Å². The maximum Gasteiger partial charge on any atom is 0.289 e. The normalized spacial score (nSPS) is 17.8. The van der Waals surface area contributed by atoms with Gasteiger partial charge in [-0.05, 0) is 12.1 Å². The third kappa shape index (κ3) is 2.85. The number of aryl methyl sites for hydroxylation is 1. The molecule has 1 unspecified atom stereocenters. The molecule has 2 aromatic heterocycles. The first-order chi connectivity index (χ1) is 12.2. The van der Waals surface area contributed by atoms with Crippen LogP contribution in [-0.4, -0.2) is 47.8 Å². The average molecular weight is 343 g/mol. The number of benzene rings is 1. The van der Waals surface area contributed by atoms with Gasteiger partial charge < -0.3 is 23.2 Å². The molecule has 130 valence electrons. The van der Waals surface area contributed by atoms with Crippen molar-refractivity contribution in [3.05, 3.63) is 41.8 Å². The number of aromatic nitrogens is 2. The lowest BCUT2D eigenvalue weighted by atomic mass is 10.2. The molecular formula is C17H17N3O5. The van der Waals surface area contributed by atoms with Gasteiger partial charge in [-0.15, -0.1) is 10.2 Å². The fraction of sp³-hybridized carbons (Fsp3) is 0.353. The van der Waals surface area contributed by atoms with Crippen LogP contribution in [0.2, 0.25) is 0 Å². The van der Waals surface area contributed by atoms with Crippen molar-refractivity contribution in [1.29, 1.82) is 0 Å². The summed E-state index contributed by atoms with van der Waals surface area (Å²) in [6.45, 7) is 2.90. The molecule has 1 saturated heterocycles. The molecule has 1 aliphatic rings. The zero-order valence-electron chi connectivity index (χ0n) is 13.9. The molecule has 0 saturated carbocycles. The number of ether oxygens (including phenoxy) is 2. The maximum atomic E-state index is 12.8. The van der Waals surface area contributed by atoms with Gasteiger partial charge in [0.25, 0.3) is 5.91 Å². The van der Waals surface area contributed by atoms with E-state index in [1.165, 1.54) is 0 Å². The molecule has 1 fully saturated rings. The monoisotopic (exact) mass is 343 g/mol. The van der Waals surface area contributed by atoms with E-state index in [1.54, 1.807) is 31.1 Å². The van der Waals surface area contributed by atoms with Crippen molar-refractivity contribution < 1.29 is 23.1 Å². The van der Waals surface area contributed by atoms with Crippen molar-refractivity contribution in [3.8, 4) is 5.75 Å². The number of carbonyl (C=O) groups excluding carboxylic acids is 1. The van der Waals surface area contributed by atoms with Crippen molar-refractivity contribution in [2.45, 2.75) is 13.0 Å². The second kappa shape index (κ2) is 6.21. The molecule has 4 rings (SSSR count). The molecule has 0 bridgehead atoms. The lowest BCUT2D eigenvalue weighted by Crippen LogP contribution is -2.42. The van der Waals surface area contributed by atoms with Crippen molar-refractivity contribution >= 4 is 16.9 Å². The Labute approximate surface area is 143 Å². The Morgan fingerprint density at radius 1 is 1.32 bits per heavy atom. The summed E-state index contributed by atoms with van der Waals surface area (Å²) in [6.07, 6.45) is -0.433. The lowest BCUT2D eigenvalue weighted by Gasteiger charge is -2.30. The Balaban J connectivity index is 1.58. The molecule has 8 heteroatoms. The minimum absolute atomic E-state index is 0.206. The van der Waals surface area contributed by atoms with Gasteiger partial charge in [-0.2, -0.15) is 0 Å². The molecule has 0 spiro atoms.